The predicted octanol–water partition coefficient (Wildman–Crippen LogP) is 2.90. The molecule has 1 N–H and O–H groups in total. The van der Waals surface area contributed by atoms with Crippen LogP contribution in [0.1, 0.15) is 41.9 Å². The summed E-state index contributed by atoms with van der Waals surface area (Å²) in [6, 6.07) is 10.9. The Morgan fingerprint density at radius 1 is 1.12 bits per heavy atom. The number of hydrogen-bond donors (Lipinski definition) is 1. The number of carbonyl (C=O) groups is 1. The van der Waals surface area contributed by atoms with E-state index in [4.69, 9.17) is 0 Å². The van der Waals surface area contributed by atoms with Crippen molar-refractivity contribution in [1.82, 2.24) is 19.9 Å². The summed E-state index contributed by atoms with van der Waals surface area (Å²) >= 11 is 0. The van der Waals surface area contributed by atoms with E-state index in [0.717, 1.165) is 25.7 Å². The summed E-state index contributed by atoms with van der Waals surface area (Å²) in [7, 11) is 0. The average Bonchev–Trinajstić information content (AvgIpc) is 3.21. The van der Waals surface area contributed by atoms with E-state index in [1.807, 2.05) is 23.1 Å². The smallest absolute Gasteiger partial charge is 0.258 e. The maximum absolute atomic E-state index is 13.1. The summed E-state index contributed by atoms with van der Waals surface area (Å²) in [5.41, 5.74) is 1.08. The zero-order chi connectivity index (χ0) is 17.9. The van der Waals surface area contributed by atoms with Crippen LogP contribution in [0.3, 0.4) is 0 Å². The van der Waals surface area contributed by atoms with E-state index < -0.39 is 0 Å². The van der Waals surface area contributed by atoms with E-state index in [1.54, 1.807) is 30.6 Å². The number of rotatable bonds is 4. The number of aromatic nitrogens is 3. The number of aromatic amines is 1. The molecule has 0 saturated heterocycles. The maximum atomic E-state index is 13.1. The van der Waals surface area contributed by atoms with Crippen molar-refractivity contribution in [3.63, 3.8) is 0 Å². The Bertz CT molecular complexity index is 978. The van der Waals surface area contributed by atoms with Crippen LogP contribution in [0.5, 0.6) is 0 Å². The number of carbonyl (C=O) groups excluding carboxylic acids is 1. The van der Waals surface area contributed by atoms with Crippen molar-refractivity contribution in [3.8, 4) is 0 Å². The van der Waals surface area contributed by atoms with Gasteiger partial charge in [0.25, 0.3) is 11.5 Å². The van der Waals surface area contributed by atoms with E-state index in [0.29, 0.717) is 28.8 Å². The van der Waals surface area contributed by atoms with Gasteiger partial charge in [0, 0.05) is 24.0 Å². The van der Waals surface area contributed by atoms with Crippen molar-refractivity contribution >= 4 is 16.8 Å². The zero-order valence-corrected chi connectivity index (χ0v) is 14.4. The average molecular weight is 348 g/mol. The van der Waals surface area contributed by atoms with Crippen LogP contribution in [-0.2, 0) is 6.54 Å². The molecule has 0 atom stereocenters. The molecule has 132 valence electrons. The molecule has 3 aromatic rings. The van der Waals surface area contributed by atoms with Gasteiger partial charge in [-0.2, -0.15) is 0 Å². The van der Waals surface area contributed by atoms with Gasteiger partial charge in [-0.25, -0.2) is 4.98 Å². The van der Waals surface area contributed by atoms with E-state index in [2.05, 4.69) is 15.0 Å². The van der Waals surface area contributed by atoms with Gasteiger partial charge in [-0.05, 0) is 37.1 Å². The molecule has 0 unspecified atom stereocenters. The number of pyridine rings is 1. The lowest BCUT2D eigenvalue weighted by Crippen LogP contribution is -2.39. The predicted molar refractivity (Wildman–Crippen MR) is 98.7 cm³/mol. The highest BCUT2D eigenvalue weighted by Crippen LogP contribution is 2.26. The fourth-order valence-electron chi connectivity index (χ4n) is 3.61. The van der Waals surface area contributed by atoms with Crippen molar-refractivity contribution in [2.75, 3.05) is 0 Å². The third kappa shape index (κ3) is 3.22. The first-order valence-corrected chi connectivity index (χ1v) is 8.91. The number of amides is 1. The quantitative estimate of drug-likeness (QED) is 0.786. The van der Waals surface area contributed by atoms with E-state index in [1.165, 1.54) is 0 Å². The van der Waals surface area contributed by atoms with Crippen molar-refractivity contribution < 1.29 is 4.79 Å². The molecular weight excluding hydrogens is 328 g/mol. The van der Waals surface area contributed by atoms with Gasteiger partial charge in [0.1, 0.15) is 5.82 Å². The minimum absolute atomic E-state index is 0.0462. The minimum Gasteiger partial charge on any atom is -0.328 e. The Morgan fingerprint density at radius 2 is 1.85 bits per heavy atom. The van der Waals surface area contributed by atoms with Crippen LogP contribution in [-0.4, -0.2) is 31.8 Å². The standard InChI is InChI=1S/C20H20N4O2/c25-19-16-7-3-4-8-17(16)22-18(23-19)13-24(15-5-1-2-6-15)20(26)14-9-11-21-12-10-14/h3-4,7-12,15H,1-2,5-6,13H2,(H,22,23,25). The third-order valence-corrected chi connectivity index (χ3v) is 4.94. The SMILES string of the molecule is O=C(c1ccncc1)N(Cc1nc2ccccc2c(=O)[nH]1)C1CCCC1. The topological polar surface area (TPSA) is 79.0 Å². The number of H-pyrrole nitrogens is 1. The molecule has 26 heavy (non-hydrogen) atoms. The Kier molecular flexibility index (Phi) is 4.48. The third-order valence-electron chi connectivity index (χ3n) is 4.94. The summed E-state index contributed by atoms with van der Waals surface area (Å²) < 4.78 is 0. The lowest BCUT2D eigenvalue weighted by Gasteiger charge is -2.28. The zero-order valence-electron chi connectivity index (χ0n) is 14.4. The number of benzene rings is 1. The molecule has 2 aromatic heterocycles. The lowest BCUT2D eigenvalue weighted by molar-refractivity contribution is 0.0658. The molecule has 1 fully saturated rings. The molecule has 0 bridgehead atoms. The second kappa shape index (κ2) is 7.07. The highest BCUT2D eigenvalue weighted by molar-refractivity contribution is 5.94. The summed E-state index contributed by atoms with van der Waals surface area (Å²) in [6.45, 7) is 0.298. The maximum Gasteiger partial charge on any atom is 0.258 e. The van der Waals surface area contributed by atoms with Crippen LogP contribution in [0, 0.1) is 0 Å². The Hall–Kier alpha value is -3.02. The second-order valence-corrected chi connectivity index (χ2v) is 6.64. The fourth-order valence-corrected chi connectivity index (χ4v) is 3.61. The number of para-hydroxylation sites is 1. The van der Waals surface area contributed by atoms with Gasteiger partial charge >= 0.3 is 0 Å². The van der Waals surface area contributed by atoms with Crippen LogP contribution < -0.4 is 5.56 Å². The highest BCUT2D eigenvalue weighted by atomic mass is 16.2. The molecule has 1 aromatic carbocycles. The van der Waals surface area contributed by atoms with Crippen molar-refractivity contribution in [2.24, 2.45) is 0 Å². The van der Waals surface area contributed by atoms with Crippen LogP contribution in [0.15, 0.2) is 53.6 Å². The van der Waals surface area contributed by atoms with Crippen LogP contribution in [0.2, 0.25) is 0 Å². The highest BCUT2D eigenvalue weighted by Gasteiger charge is 2.28. The molecular formula is C20H20N4O2. The number of nitrogens with one attached hydrogen (secondary N) is 1. The lowest BCUT2D eigenvalue weighted by atomic mass is 10.1. The van der Waals surface area contributed by atoms with Crippen LogP contribution in [0.25, 0.3) is 10.9 Å². The molecule has 1 aliphatic carbocycles. The normalized spacial score (nSPS) is 14.6. The molecule has 0 radical (unpaired) electrons. The van der Waals surface area contributed by atoms with Gasteiger partial charge in [-0.3, -0.25) is 14.6 Å². The molecule has 1 amide bonds. The number of fused-ring (bicyclic) bond motifs is 1. The Labute approximate surface area is 150 Å². The molecule has 1 aliphatic rings. The summed E-state index contributed by atoms with van der Waals surface area (Å²) in [4.78, 5) is 38.6. The second-order valence-electron chi connectivity index (χ2n) is 6.64. The molecule has 6 nitrogen and oxygen atoms in total. The summed E-state index contributed by atoms with van der Waals surface area (Å²) in [5, 5.41) is 0.559. The van der Waals surface area contributed by atoms with Gasteiger partial charge in [0.15, 0.2) is 0 Å². The van der Waals surface area contributed by atoms with E-state index in [9.17, 15) is 9.59 Å². The molecule has 2 heterocycles. The van der Waals surface area contributed by atoms with Gasteiger partial charge in [-0.1, -0.05) is 25.0 Å². The van der Waals surface area contributed by atoms with Crippen LogP contribution in [0.4, 0.5) is 0 Å². The first-order valence-electron chi connectivity index (χ1n) is 8.91. The first-order chi connectivity index (χ1) is 12.7. The van der Waals surface area contributed by atoms with E-state index >= 15 is 0 Å². The van der Waals surface area contributed by atoms with Gasteiger partial charge in [0.05, 0.1) is 17.4 Å². The van der Waals surface area contributed by atoms with E-state index in [-0.39, 0.29) is 17.5 Å². The molecule has 0 aliphatic heterocycles. The Balaban J connectivity index is 1.69. The summed E-state index contributed by atoms with van der Waals surface area (Å²) in [6.07, 6.45) is 7.44. The first kappa shape index (κ1) is 16.4. The largest absolute Gasteiger partial charge is 0.328 e. The van der Waals surface area contributed by atoms with Crippen molar-refractivity contribution in [1.29, 1.82) is 0 Å². The van der Waals surface area contributed by atoms with Crippen molar-refractivity contribution in [2.45, 2.75) is 38.3 Å². The van der Waals surface area contributed by atoms with Gasteiger partial charge < -0.3 is 9.88 Å². The summed E-state index contributed by atoms with van der Waals surface area (Å²) in [5.74, 6) is 0.470. The number of nitrogens with zero attached hydrogens (tertiary/aromatic N) is 3. The minimum atomic E-state index is -0.173. The monoisotopic (exact) mass is 348 g/mol. The molecule has 4 rings (SSSR count). The molecule has 1 saturated carbocycles. The molecule has 0 spiro atoms. The Morgan fingerprint density at radius 3 is 2.62 bits per heavy atom. The van der Waals surface area contributed by atoms with Gasteiger partial charge in [0.2, 0.25) is 0 Å². The van der Waals surface area contributed by atoms with Crippen LogP contribution >= 0.6 is 0 Å². The van der Waals surface area contributed by atoms with Gasteiger partial charge in [-0.15, -0.1) is 0 Å². The number of hydrogen-bond acceptors (Lipinski definition) is 4. The molecule has 6 heteroatoms. The fraction of sp³-hybridized carbons (Fsp3) is 0.300. The van der Waals surface area contributed by atoms with Crippen molar-refractivity contribution in [3.05, 3.63) is 70.5 Å².